The molecule has 1 unspecified atom stereocenters. The van der Waals surface area contributed by atoms with Crippen LogP contribution in [0.5, 0.6) is 5.75 Å². The first kappa shape index (κ1) is 24.5. The van der Waals surface area contributed by atoms with Gasteiger partial charge in [-0.2, -0.15) is 0 Å². The quantitative estimate of drug-likeness (QED) is 0.582. The molecule has 36 heavy (non-hydrogen) atoms. The maximum atomic E-state index is 13.5. The predicted molar refractivity (Wildman–Crippen MR) is 127 cm³/mol. The molecule has 192 valence electrons. The standard InChI is InChI=1S/C25H28ClFN4O5/c1-14(32)31-6-4-15(5-7-31)24-28-12-21(36-24)23(34)29-20-11-25(9-16(20)10-25)30-22(33)13-35-17-2-3-18(26)19(27)8-17/h2-3,8,12,15-16,20H,4-7,9-11,13H2,1H3,(H,29,34)(H,30,33). The van der Waals surface area contributed by atoms with Crippen LogP contribution in [0.3, 0.4) is 0 Å². The summed E-state index contributed by atoms with van der Waals surface area (Å²) in [7, 11) is 0. The fraction of sp³-hybridized carbons (Fsp3) is 0.520. The number of amides is 3. The van der Waals surface area contributed by atoms with Crippen LogP contribution in [0, 0.1) is 11.7 Å². The van der Waals surface area contributed by atoms with E-state index >= 15 is 0 Å². The molecule has 1 aliphatic heterocycles. The Bertz CT molecular complexity index is 1170. The third kappa shape index (κ3) is 5.04. The summed E-state index contributed by atoms with van der Waals surface area (Å²) in [5.41, 5.74) is -0.369. The fourth-order valence-electron chi connectivity index (χ4n) is 5.61. The number of ether oxygens (including phenoxy) is 1. The largest absolute Gasteiger partial charge is 0.484 e. The number of nitrogens with one attached hydrogen (secondary N) is 2. The van der Waals surface area contributed by atoms with E-state index < -0.39 is 5.82 Å². The highest BCUT2D eigenvalue weighted by Gasteiger charge is 2.57. The molecule has 11 heteroatoms. The highest BCUT2D eigenvalue weighted by molar-refractivity contribution is 6.30. The summed E-state index contributed by atoms with van der Waals surface area (Å²) < 4.78 is 24.7. The lowest BCUT2D eigenvalue weighted by Crippen LogP contribution is -2.53. The maximum absolute atomic E-state index is 13.5. The summed E-state index contributed by atoms with van der Waals surface area (Å²) >= 11 is 5.66. The minimum Gasteiger partial charge on any atom is -0.484 e. The van der Waals surface area contributed by atoms with E-state index in [-0.39, 0.29) is 64.3 Å². The predicted octanol–water partition coefficient (Wildman–Crippen LogP) is 3.04. The Morgan fingerprint density at radius 2 is 2.00 bits per heavy atom. The van der Waals surface area contributed by atoms with Gasteiger partial charge in [-0.05, 0) is 50.2 Å². The maximum Gasteiger partial charge on any atom is 0.288 e. The highest BCUT2D eigenvalue weighted by Crippen LogP contribution is 2.52. The van der Waals surface area contributed by atoms with E-state index in [4.69, 9.17) is 20.8 Å². The van der Waals surface area contributed by atoms with Crippen LogP contribution in [0.2, 0.25) is 5.02 Å². The molecule has 2 N–H and O–H groups in total. The number of carbonyl (C=O) groups excluding carboxylic acids is 3. The van der Waals surface area contributed by atoms with Crippen molar-refractivity contribution in [2.24, 2.45) is 5.92 Å². The van der Waals surface area contributed by atoms with E-state index in [0.29, 0.717) is 25.4 Å². The van der Waals surface area contributed by atoms with Crippen molar-refractivity contribution in [2.75, 3.05) is 19.7 Å². The molecule has 3 amide bonds. The van der Waals surface area contributed by atoms with E-state index in [1.165, 1.54) is 18.3 Å². The van der Waals surface area contributed by atoms with Gasteiger partial charge in [0.1, 0.15) is 11.6 Å². The van der Waals surface area contributed by atoms with Crippen LogP contribution in [0.4, 0.5) is 4.39 Å². The number of hydrogen-bond donors (Lipinski definition) is 2. The molecule has 3 saturated carbocycles. The minimum absolute atomic E-state index is 0.0122. The van der Waals surface area contributed by atoms with E-state index in [1.807, 2.05) is 0 Å². The number of fused-ring (bicyclic) bond motifs is 1. The van der Waals surface area contributed by atoms with Crippen LogP contribution in [0.25, 0.3) is 0 Å². The molecule has 3 aliphatic carbocycles. The lowest BCUT2D eigenvalue weighted by molar-refractivity contribution is -0.130. The third-order valence-electron chi connectivity index (χ3n) is 7.50. The van der Waals surface area contributed by atoms with Gasteiger partial charge < -0.3 is 24.7 Å². The van der Waals surface area contributed by atoms with Crippen LogP contribution >= 0.6 is 11.6 Å². The summed E-state index contributed by atoms with van der Waals surface area (Å²) in [5.74, 6) is 0.131. The van der Waals surface area contributed by atoms with Gasteiger partial charge in [0, 0.05) is 43.6 Å². The summed E-state index contributed by atoms with van der Waals surface area (Å²) in [5, 5.41) is 6.04. The van der Waals surface area contributed by atoms with Crippen molar-refractivity contribution in [3.8, 4) is 5.75 Å². The van der Waals surface area contributed by atoms with Gasteiger partial charge in [0.2, 0.25) is 11.7 Å². The van der Waals surface area contributed by atoms with Crippen molar-refractivity contribution in [2.45, 2.75) is 56.5 Å². The number of aromatic nitrogens is 1. The average molecular weight is 519 g/mol. The number of nitrogens with zero attached hydrogens (tertiary/aromatic N) is 2. The topological polar surface area (TPSA) is 114 Å². The van der Waals surface area contributed by atoms with Crippen LogP contribution in [0.15, 0.2) is 28.8 Å². The first-order chi connectivity index (χ1) is 17.2. The Morgan fingerprint density at radius 1 is 1.25 bits per heavy atom. The Balaban J connectivity index is 1.09. The molecule has 9 nitrogen and oxygen atoms in total. The normalized spacial score (nSPS) is 25.2. The van der Waals surface area contributed by atoms with Gasteiger partial charge in [0.15, 0.2) is 12.5 Å². The molecule has 2 heterocycles. The number of oxazole rings is 1. The average Bonchev–Trinajstić information content (AvgIpc) is 3.53. The van der Waals surface area contributed by atoms with Crippen LogP contribution in [-0.4, -0.2) is 58.9 Å². The van der Waals surface area contributed by atoms with E-state index in [0.717, 1.165) is 31.7 Å². The number of likely N-dealkylation sites (tertiary alicyclic amines) is 1. The van der Waals surface area contributed by atoms with Crippen LogP contribution in [-0.2, 0) is 9.59 Å². The Morgan fingerprint density at radius 3 is 2.69 bits per heavy atom. The van der Waals surface area contributed by atoms with Crippen molar-refractivity contribution in [3.05, 3.63) is 46.9 Å². The van der Waals surface area contributed by atoms with Crippen molar-refractivity contribution in [3.63, 3.8) is 0 Å². The van der Waals surface area contributed by atoms with Crippen molar-refractivity contribution in [1.29, 1.82) is 0 Å². The monoisotopic (exact) mass is 518 g/mol. The van der Waals surface area contributed by atoms with E-state index in [9.17, 15) is 18.8 Å². The molecule has 1 atom stereocenters. The van der Waals surface area contributed by atoms with Crippen LogP contribution in [0.1, 0.15) is 61.4 Å². The van der Waals surface area contributed by atoms with Gasteiger partial charge in [0.05, 0.1) is 11.2 Å². The molecule has 4 aliphatic rings. The zero-order chi connectivity index (χ0) is 25.4. The lowest BCUT2D eigenvalue weighted by atomic mass is 9.76. The van der Waals surface area contributed by atoms with E-state index in [1.54, 1.807) is 11.8 Å². The van der Waals surface area contributed by atoms with Gasteiger partial charge in [-0.15, -0.1) is 0 Å². The fourth-order valence-corrected chi connectivity index (χ4v) is 5.73. The number of piperidine rings is 1. The molecule has 2 aromatic rings. The highest BCUT2D eigenvalue weighted by atomic mass is 35.5. The zero-order valence-electron chi connectivity index (χ0n) is 19.9. The van der Waals surface area contributed by atoms with Gasteiger partial charge in [-0.1, -0.05) is 11.6 Å². The second kappa shape index (κ2) is 9.72. The number of halogens is 2. The molecule has 1 aromatic heterocycles. The molecule has 2 bridgehead atoms. The second-order valence-electron chi connectivity index (χ2n) is 9.99. The summed E-state index contributed by atoms with van der Waals surface area (Å²) in [4.78, 5) is 42.8. The number of carbonyl (C=O) groups is 3. The van der Waals surface area contributed by atoms with Gasteiger partial charge in [0.25, 0.3) is 11.8 Å². The number of hydrogen-bond acceptors (Lipinski definition) is 6. The molecule has 4 fully saturated rings. The zero-order valence-corrected chi connectivity index (χ0v) is 20.6. The van der Waals surface area contributed by atoms with E-state index in [2.05, 4.69) is 15.6 Å². The first-order valence-corrected chi connectivity index (χ1v) is 12.5. The number of rotatable bonds is 7. The smallest absolute Gasteiger partial charge is 0.288 e. The molecule has 0 radical (unpaired) electrons. The van der Waals surface area contributed by atoms with Crippen LogP contribution < -0.4 is 15.4 Å². The minimum atomic E-state index is -0.610. The summed E-state index contributed by atoms with van der Waals surface area (Å²) in [6.45, 7) is 2.64. The van der Waals surface area contributed by atoms with Gasteiger partial charge >= 0.3 is 0 Å². The molecular formula is C25H28ClFN4O5. The molecule has 1 aromatic carbocycles. The van der Waals surface area contributed by atoms with Crippen molar-refractivity contribution < 1.29 is 27.9 Å². The molecular weight excluding hydrogens is 491 g/mol. The molecule has 6 rings (SSSR count). The lowest BCUT2D eigenvalue weighted by Gasteiger charge is -2.39. The van der Waals surface area contributed by atoms with Crippen molar-refractivity contribution in [1.82, 2.24) is 20.5 Å². The second-order valence-corrected chi connectivity index (χ2v) is 10.4. The SMILES string of the molecule is CC(=O)N1CCC(c2ncc(C(=O)NC3CC4(NC(=O)COc5ccc(Cl)c(F)c5)CC3C4)o2)CC1. The number of benzene rings is 1. The van der Waals surface area contributed by atoms with Crippen molar-refractivity contribution >= 4 is 29.3 Å². The molecule has 1 saturated heterocycles. The Hall–Kier alpha value is -3.14. The summed E-state index contributed by atoms with van der Waals surface area (Å²) in [6.07, 6.45) is 5.13. The Kier molecular flexibility index (Phi) is 6.63. The first-order valence-electron chi connectivity index (χ1n) is 12.1. The van der Waals surface area contributed by atoms with Gasteiger partial charge in [-0.3, -0.25) is 14.4 Å². The summed E-state index contributed by atoms with van der Waals surface area (Å²) in [6, 6.07) is 3.94. The Labute approximate surface area is 212 Å². The van der Waals surface area contributed by atoms with Gasteiger partial charge in [-0.25, -0.2) is 9.37 Å². The third-order valence-corrected chi connectivity index (χ3v) is 7.81. The molecule has 0 spiro atoms.